The molecule has 0 radical (unpaired) electrons. The van der Waals surface area contributed by atoms with Crippen molar-refractivity contribution in [2.75, 3.05) is 20.2 Å². The topological polar surface area (TPSA) is 75.7 Å². The number of ether oxygens (including phenoxy) is 1. The van der Waals surface area contributed by atoms with E-state index in [1.54, 1.807) is 4.90 Å². The van der Waals surface area contributed by atoms with Crippen molar-refractivity contribution in [3.63, 3.8) is 0 Å². The fourth-order valence-corrected chi connectivity index (χ4v) is 2.57. The number of carbonyl (C=O) groups is 3. The van der Waals surface area contributed by atoms with E-state index in [1.807, 2.05) is 13.8 Å². The number of likely N-dealkylation sites (tertiary alicyclic amines) is 1. The predicted octanol–water partition coefficient (Wildman–Crippen LogP) is 0.949. The number of methoxy groups -OCH3 is 1. The SMILES string of the molecule is COC(=O)C(CC(C)C)NC(=O)C1CCN(C(C)=O)CC1. The maximum atomic E-state index is 12.3. The molecular weight excluding hydrogens is 272 g/mol. The van der Waals surface area contributed by atoms with Crippen molar-refractivity contribution in [3.05, 3.63) is 0 Å². The molecule has 1 unspecified atom stereocenters. The van der Waals surface area contributed by atoms with Crippen LogP contribution in [0, 0.1) is 11.8 Å². The molecule has 1 heterocycles. The van der Waals surface area contributed by atoms with Gasteiger partial charge in [0.1, 0.15) is 6.04 Å². The first-order valence-corrected chi connectivity index (χ1v) is 7.48. The van der Waals surface area contributed by atoms with Gasteiger partial charge in [-0.1, -0.05) is 13.8 Å². The number of nitrogens with zero attached hydrogens (tertiary/aromatic N) is 1. The predicted molar refractivity (Wildman–Crippen MR) is 78.4 cm³/mol. The van der Waals surface area contributed by atoms with Crippen LogP contribution in [0.1, 0.15) is 40.0 Å². The van der Waals surface area contributed by atoms with Crippen LogP contribution in [0.4, 0.5) is 0 Å². The summed E-state index contributed by atoms with van der Waals surface area (Å²) in [7, 11) is 1.33. The third-order valence-electron chi connectivity index (χ3n) is 3.82. The minimum atomic E-state index is -0.590. The van der Waals surface area contributed by atoms with Crippen LogP contribution in [0.15, 0.2) is 0 Å². The highest BCUT2D eigenvalue weighted by molar-refractivity contribution is 5.86. The summed E-state index contributed by atoms with van der Waals surface area (Å²) < 4.78 is 4.74. The number of hydrogen-bond acceptors (Lipinski definition) is 4. The highest BCUT2D eigenvalue weighted by Crippen LogP contribution is 2.18. The average Bonchev–Trinajstić information content (AvgIpc) is 2.45. The highest BCUT2D eigenvalue weighted by atomic mass is 16.5. The normalized spacial score (nSPS) is 17.5. The van der Waals surface area contributed by atoms with Crippen LogP contribution in [0.5, 0.6) is 0 Å². The molecule has 0 spiro atoms. The van der Waals surface area contributed by atoms with Crippen molar-refractivity contribution >= 4 is 17.8 Å². The number of esters is 1. The lowest BCUT2D eigenvalue weighted by Gasteiger charge is -2.31. The van der Waals surface area contributed by atoms with E-state index in [0.717, 1.165) is 0 Å². The molecule has 6 heteroatoms. The van der Waals surface area contributed by atoms with Crippen LogP contribution >= 0.6 is 0 Å². The van der Waals surface area contributed by atoms with Crippen LogP contribution in [-0.2, 0) is 19.1 Å². The van der Waals surface area contributed by atoms with Gasteiger partial charge in [-0.3, -0.25) is 9.59 Å². The van der Waals surface area contributed by atoms with Gasteiger partial charge >= 0.3 is 5.97 Å². The maximum Gasteiger partial charge on any atom is 0.328 e. The molecule has 2 amide bonds. The van der Waals surface area contributed by atoms with Gasteiger partial charge < -0.3 is 15.0 Å². The van der Waals surface area contributed by atoms with Crippen molar-refractivity contribution in [2.45, 2.75) is 46.1 Å². The summed E-state index contributed by atoms with van der Waals surface area (Å²) in [6.07, 6.45) is 1.84. The van der Waals surface area contributed by atoms with Gasteiger partial charge in [0.15, 0.2) is 0 Å². The largest absolute Gasteiger partial charge is 0.467 e. The molecule has 0 aliphatic carbocycles. The zero-order valence-corrected chi connectivity index (χ0v) is 13.3. The molecule has 1 rings (SSSR count). The highest BCUT2D eigenvalue weighted by Gasteiger charge is 2.29. The Morgan fingerprint density at radius 3 is 2.24 bits per heavy atom. The van der Waals surface area contributed by atoms with E-state index >= 15 is 0 Å². The molecule has 0 aromatic rings. The summed E-state index contributed by atoms with van der Waals surface area (Å²) in [4.78, 5) is 37.0. The maximum absolute atomic E-state index is 12.3. The minimum absolute atomic E-state index is 0.0427. The lowest BCUT2D eigenvalue weighted by atomic mass is 9.94. The summed E-state index contributed by atoms with van der Waals surface area (Å²) >= 11 is 0. The van der Waals surface area contributed by atoms with Gasteiger partial charge in [-0.2, -0.15) is 0 Å². The Hall–Kier alpha value is -1.59. The molecule has 1 fully saturated rings. The molecule has 0 bridgehead atoms. The van der Waals surface area contributed by atoms with Gasteiger partial charge in [-0.25, -0.2) is 4.79 Å². The van der Waals surface area contributed by atoms with E-state index in [1.165, 1.54) is 14.0 Å². The molecular formula is C15H26N2O4. The van der Waals surface area contributed by atoms with Crippen LogP contribution < -0.4 is 5.32 Å². The number of nitrogens with one attached hydrogen (secondary N) is 1. The molecule has 1 aliphatic rings. The average molecular weight is 298 g/mol. The Labute approximate surface area is 126 Å². The van der Waals surface area contributed by atoms with Gasteiger partial charge in [-0.05, 0) is 25.2 Å². The van der Waals surface area contributed by atoms with Crippen molar-refractivity contribution in [1.82, 2.24) is 10.2 Å². The van der Waals surface area contributed by atoms with Crippen LogP contribution in [0.2, 0.25) is 0 Å². The zero-order valence-electron chi connectivity index (χ0n) is 13.3. The molecule has 0 saturated carbocycles. The molecule has 1 saturated heterocycles. The standard InChI is InChI=1S/C15H26N2O4/c1-10(2)9-13(15(20)21-4)16-14(19)12-5-7-17(8-6-12)11(3)18/h10,12-13H,5-9H2,1-4H3,(H,16,19). The monoisotopic (exact) mass is 298 g/mol. The summed E-state index contributed by atoms with van der Waals surface area (Å²) in [6, 6.07) is -0.590. The number of piperidine rings is 1. The van der Waals surface area contributed by atoms with Crippen molar-refractivity contribution < 1.29 is 19.1 Å². The Bertz CT molecular complexity index is 387. The van der Waals surface area contributed by atoms with E-state index in [4.69, 9.17) is 4.74 Å². The smallest absolute Gasteiger partial charge is 0.328 e. The third kappa shape index (κ3) is 5.36. The first kappa shape index (κ1) is 17.5. The Balaban J connectivity index is 2.54. The molecule has 1 aliphatic heterocycles. The number of hydrogen-bond donors (Lipinski definition) is 1. The van der Waals surface area contributed by atoms with E-state index in [-0.39, 0.29) is 23.7 Å². The summed E-state index contributed by atoms with van der Waals surface area (Å²) in [6.45, 7) is 6.72. The van der Waals surface area contributed by atoms with E-state index < -0.39 is 12.0 Å². The van der Waals surface area contributed by atoms with Gasteiger partial charge in [0.2, 0.25) is 11.8 Å². The summed E-state index contributed by atoms with van der Waals surface area (Å²) in [5.74, 6) is -0.331. The van der Waals surface area contributed by atoms with Crippen molar-refractivity contribution in [1.29, 1.82) is 0 Å². The van der Waals surface area contributed by atoms with Gasteiger partial charge in [0, 0.05) is 25.9 Å². The van der Waals surface area contributed by atoms with Crippen molar-refractivity contribution in [2.24, 2.45) is 11.8 Å². The Morgan fingerprint density at radius 2 is 1.81 bits per heavy atom. The summed E-state index contributed by atoms with van der Waals surface area (Å²) in [5, 5.41) is 2.80. The van der Waals surface area contributed by atoms with Crippen LogP contribution in [-0.4, -0.2) is 48.9 Å². The van der Waals surface area contributed by atoms with E-state index in [2.05, 4.69) is 5.32 Å². The first-order chi connectivity index (χ1) is 9.85. The van der Waals surface area contributed by atoms with E-state index in [9.17, 15) is 14.4 Å². The zero-order chi connectivity index (χ0) is 16.0. The van der Waals surface area contributed by atoms with Gasteiger partial charge in [0.05, 0.1) is 7.11 Å². The Kier molecular flexibility index (Phi) is 6.65. The second-order valence-corrected chi connectivity index (χ2v) is 5.99. The van der Waals surface area contributed by atoms with Crippen LogP contribution in [0.25, 0.3) is 0 Å². The molecule has 0 aromatic carbocycles. The van der Waals surface area contributed by atoms with E-state index in [0.29, 0.717) is 32.4 Å². The molecule has 0 aromatic heterocycles. The third-order valence-corrected chi connectivity index (χ3v) is 3.82. The fourth-order valence-electron chi connectivity index (χ4n) is 2.57. The summed E-state index contributed by atoms with van der Waals surface area (Å²) in [5.41, 5.74) is 0. The molecule has 21 heavy (non-hydrogen) atoms. The van der Waals surface area contributed by atoms with Crippen LogP contribution in [0.3, 0.4) is 0 Å². The minimum Gasteiger partial charge on any atom is -0.467 e. The van der Waals surface area contributed by atoms with Crippen molar-refractivity contribution in [3.8, 4) is 0 Å². The number of amides is 2. The molecule has 1 atom stereocenters. The van der Waals surface area contributed by atoms with Gasteiger partial charge in [-0.15, -0.1) is 0 Å². The molecule has 6 nitrogen and oxygen atoms in total. The quantitative estimate of drug-likeness (QED) is 0.767. The number of carbonyl (C=O) groups excluding carboxylic acids is 3. The lowest BCUT2D eigenvalue weighted by Crippen LogP contribution is -2.48. The van der Waals surface area contributed by atoms with Gasteiger partial charge in [0.25, 0.3) is 0 Å². The Morgan fingerprint density at radius 1 is 1.24 bits per heavy atom. The lowest BCUT2D eigenvalue weighted by molar-refractivity contribution is -0.146. The second kappa shape index (κ2) is 8.00. The first-order valence-electron chi connectivity index (χ1n) is 7.48. The molecule has 120 valence electrons. The molecule has 1 N–H and O–H groups in total. The number of rotatable bonds is 5. The fraction of sp³-hybridized carbons (Fsp3) is 0.800. The second-order valence-electron chi connectivity index (χ2n) is 5.99.